The minimum Gasteiger partial charge on any atom is -0.486 e. The molecule has 2 aromatic carbocycles. The molecule has 2 N–H and O–H groups in total. The van der Waals surface area contributed by atoms with Gasteiger partial charge >= 0.3 is 0 Å². The van der Waals surface area contributed by atoms with Crippen LogP contribution >= 0.6 is 23.2 Å². The molecule has 0 bridgehead atoms. The maximum Gasteiger partial charge on any atom is 0.255 e. The quantitative estimate of drug-likeness (QED) is 0.844. The van der Waals surface area contributed by atoms with Crippen LogP contribution in [0, 0.1) is 0 Å². The fourth-order valence-corrected chi connectivity index (χ4v) is 2.76. The third-order valence-corrected chi connectivity index (χ3v) is 4.00. The number of amides is 2. The molecule has 2 amide bonds. The van der Waals surface area contributed by atoms with E-state index in [-0.39, 0.29) is 11.8 Å². The number of anilines is 2. The Bertz CT molecular complexity index is 855. The summed E-state index contributed by atoms with van der Waals surface area (Å²) in [4.78, 5) is 23.7. The molecule has 8 heteroatoms. The van der Waals surface area contributed by atoms with E-state index in [4.69, 9.17) is 32.7 Å². The highest BCUT2D eigenvalue weighted by atomic mass is 35.5. The summed E-state index contributed by atoms with van der Waals surface area (Å²) in [6.45, 7) is 2.18. The van der Waals surface area contributed by atoms with E-state index in [0.29, 0.717) is 51.7 Å². The number of hydrogen-bond acceptors (Lipinski definition) is 4. The van der Waals surface area contributed by atoms with Gasteiger partial charge in [-0.25, -0.2) is 0 Å². The molecule has 6 nitrogen and oxygen atoms in total. The van der Waals surface area contributed by atoms with Crippen molar-refractivity contribution < 1.29 is 19.1 Å². The lowest BCUT2D eigenvalue weighted by Crippen LogP contribution is -2.18. The van der Waals surface area contributed by atoms with Crippen LogP contribution in [0.2, 0.25) is 10.0 Å². The van der Waals surface area contributed by atoms with Gasteiger partial charge in [-0.1, -0.05) is 23.2 Å². The normalized spacial score (nSPS) is 12.4. The zero-order valence-electron chi connectivity index (χ0n) is 13.2. The number of carbonyl (C=O) groups excluding carboxylic acids is 2. The van der Waals surface area contributed by atoms with Gasteiger partial charge in [-0.3, -0.25) is 9.59 Å². The first-order valence-corrected chi connectivity index (χ1v) is 8.17. The fourth-order valence-electron chi connectivity index (χ4n) is 2.33. The molecule has 1 heterocycles. The van der Waals surface area contributed by atoms with E-state index in [0.717, 1.165) is 0 Å². The summed E-state index contributed by atoms with van der Waals surface area (Å²) in [5.74, 6) is 0.224. The molecule has 1 aliphatic rings. The smallest absolute Gasteiger partial charge is 0.255 e. The second-order valence-corrected chi connectivity index (χ2v) is 6.13. The van der Waals surface area contributed by atoms with Gasteiger partial charge in [0, 0.05) is 18.2 Å². The van der Waals surface area contributed by atoms with Gasteiger partial charge in [0.05, 0.1) is 15.7 Å². The Morgan fingerprint density at radius 1 is 1.00 bits per heavy atom. The largest absolute Gasteiger partial charge is 0.486 e. The van der Waals surface area contributed by atoms with Crippen molar-refractivity contribution in [3.8, 4) is 11.5 Å². The average molecular weight is 381 g/mol. The van der Waals surface area contributed by atoms with Crippen LogP contribution in [0.3, 0.4) is 0 Å². The van der Waals surface area contributed by atoms with Crippen molar-refractivity contribution in [3.63, 3.8) is 0 Å². The maximum absolute atomic E-state index is 12.5. The van der Waals surface area contributed by atoms with Crippen LogP contribution in [0.15, 0.2) is 30.3 Å². The molecule has 0 radical (unpaired) electrons. The van der Waals surface area contributed by atoms with Gasteiger partial charge in [0.25, 0.3) is 5.91 Å². The van der Waals surface area contributed by atoms with Gasteiger partial charge in [0.15, 0.2) is 11.5 Å². The molecule has 130 valence electrons. The third-order valence-electron chi connectivity index (χ3n) is 3.39. The molecule has 0 atom stereocenters. The van der Waals surface area contributed by atoms with Gasteiger partial charge in [-0.05, 0) is 30.3 Å². The average Bonchev–Trinajstić information content (AvgIpc) is 2.57. The van der Waals surface area contributed by atoms with E-state index in [1.807, 2.05) is 0 Å². The van der Waals surface area contributed by atoms with Crippen LogP contribution in [-0.2, 0) is 4.79 Å². The Morgan fingerprint density at radius 3 is 2.52 bits per heavy atom. The minimum absolute atomic E-state index is 0.260. The number of fused-ring (bicyclic) bond motifs is 1. The third kappa shape index (κ3) is 3.97. The summed E-state index contributed by atoms with van der Waals surface area (Å²) in [6.07, 6.45) is 0. The summed E-state index contributed by atoms with van der Waals surface area (Å²) in [5.41, 5.74) is 1.21. The highest BCUT2D eigenvalue weighted by Gasteiger charge is 2.19. The highest BCUT2D eigenvalue weighted by molar-refractivity contribution is 6.34. The molecule has 0 aromatic heterocycles. The van der Waals surface area contributed by atoms with Gasteiger partial charge in [-0.15, -0.1) is 0 Å². The van der Waals surface area contributed by atoms with Gasteiger partial charge in [0.1, 0.15) is 13.2 Å². The molecular formula is C17H14Cl2N2O4. The Morgan fingerprint density at radius 2 is 1.76 bits per heavy atom. The van der Waals surface area contributed by atoms with Crippen molar-refractivity contribution in [2.24, 2.45) is 0 Å². The molecule has 25 heavy (non-hydrogen) atoms. The predicted molar refractivity (Wildman–Crippen MR) is 96.2 cm³/mol. The Kier molecular flexibility index (Phi) is 5.01. The van der Waals surface area contributed by atoms with Gasteiger partial charge in [0.2, 0.25) is 5.91 Å². The molecule has 0 unspecified atom stereocenters. The zero-order valence-corrected chi connectivity index (χ0v) is 14.7. The van der Waals surface area contributed by atoms with E-state index >= 15 is 0 Å². The van der Waals surface area contributed by atoms with E-state index in [9.17, 15) is 9.59 Å². The van der Waals surface area contributed by atoms with Crippen molar-refractivity contribution in [1.82, 2.24) is 0 Å². The molecule has 3 rings (SSSR count). The van der Waals surface area contributed by atoms with E-state index in [1.54, 1.807) is 24.3 Å². The minimum atomic E-state index is -0.380. The summed E-state index contributed by atoms with van der Waals surface area (Å²) in [6, 6.07) is 7.86. The zero-order chi connectivity index (χ0) is 18.0. The van der Waals surface area contributed by atoms with Crippen LogP contribution in [0.25, 0.3) is 0 Å². The first-order valence-electron chi connectivity index (χ1n) is 7.41. The highest BCUT2D eigenvalue weighted by Crippen LogP contribution is 2.38. The van der Waals surface area contributed by atoms with E-state index in [2.05, 4.69) is 10.6 Å². The van der Waals surface area contributed by atoms with Crippen molar-refractivity contribution in [2.45, 2.75) is 6.92 Å². The van der Waals surface area contributed by atoms with Crippen LogP contribution in [0.1, 0.15) is 17.3 Å². The maximum atomic E-state index is 12.5. The van der Waals surface area contributed by atoms with Crippen molar-refractivity contribution >= 4 is 46.4 Å². The molecule has 0 saturated carbocycles. The lowest BCUT2D eigenvalue weighted by atomic mass is 10.1. The first kappa shape index (κ1) is 17.4. The van der Waals surface area contributed by atoms with Crippen LogP contribution in [0.4, 0.5) is 11.4 Å². The van der Waals surface area contributed by atoms with E-state index < -0.39 is 0 Å². The molecule has 0 spiro atoms. The van der Waals surface area contributed by atoms with E-state index in [1.165, 1.54) is 13.0 Å². The van der Waals surface area contributed by atoms with Crippen molar-refractivity contribution in [2.75, 3.05) is 23.8 Å². The summed E-state index contributed by atoms with van der Waals surface area (Å²) in [7, 11) is 0. The SMILES string of the molecule is CC(=O)Nc1cc(NC(=O)c2cc(Cl)c3c(c2)OCCO3)ccc1Cl. The number of hydrogen-bond donors (Lipinski definition) is 2. The van der Waals surface area contributed by atoms with Gasteiger partial charge < -0.3 is 20.1 Å². The number of carbonyl (C=O) groups is 2. The first-order chi connectivity index (χ1) is 11.9. The second-order valence-electron chi connectivity index (χ2n) is 5.31. The van der Waals surface area contributed by atoms with Gasteiger partial charge in [-0.2, -0.15) is 0 Å². The number of ether oxygens (including phenoxy) is 2. The predicted octanol–water partition coefficient (Wildman–Crippen LogP) is 3.98. The number of rotatable bonds is 3. The fraction of sp³-hybridized carbons (Fsp3) is 0.176. The molecule has 0 fully saturated rings. The molecule has 0 aliphatic carbocycles. The van der Waals surface area contributed by atoms with Crippen LogP contribution < -0.4 is 20.1 Å². The monoisotopic (exact) mass is 380 g/mol. The van der Waals surface area contributed by atoms with Crippen LogP contribution in [-0.4, -0.2) is 25.0 Å². The molecule has 2 aromatic rings. The molecule has 0 saturated heterocycles. The molecular weight excluding hydrogens is 367 g/mol. The van der Waals surface area contributed by atoms with Crippen LogP contribution in [0.5, 0.6) is 11.5 Å². The molecule has 1 aliphatic heterocycles. The standard InChI is InChI=1S/C17H14Cl2N2O4/c1-9(22)20-14-8-11(2-3-12(14)18)21-17(23)10-6-13(19)16-15(7-10)24-4-5-25-16/h2-3,6-8H,4-5H2,1H3,(H,20,22)(H,21,23). The second kappa shape index (κ2) is 7.21. The lowest BCUT2D eigenvalue weighted by molar-refractivity contribution is -0.114. The Hall–Kier alpha value is -2.44. The Balaban J connectivity index is 1.83. The summed E-state index contributed by atoms with van der Waals surface area (Å²) >= 11 is 12.2. The number of nitrogens with one attached hydrogen (secondary N) is 2. The summed E-state index contributed by atoms with van der Waals surface area (Å²) < 4.78 is 10.9. The van der Waals surface area contributed by atoms with Crippen molar-refractivity contribution in [3.05, 3.63) is 45.9 Å². The summed E-state index contributed by atoms with van der Waals surface area (Å²) in [5, 5.41) is 6.00. The number of halogens is 2. The van der Waals surface area contributed by atoms with Crippen molar-refractivity contribution in [1.29, 1.82) is 0 Å². The number of benzene rings is 2. The Labute approximate surface area is 154 Å². The lowest BCUT2D eigenvalue weighted by Gasteiger charge is -2.20. The topological polar surface area (TPSA) is 76.7 Å².